The van der Waals surface area contributed by atoms with Crippen LogP contribution in [-0.4, -0.2) is 46.6 Å². The highest BCUT2D eigenvalue weighted by molar-refractivity contribution is 6.30. The zero-order valence-electron chi connectivity index (χ0n) is 22.9. The van der Waals surface area contributed by atoms with Crippen LogP contribution in [0.25, 0.3) is 0 Å². The van der Waals surface area contributed by atoms with E-state index in [1.165, 1.54) is 30.3 Å². The van der Waals surface area contributed by atoms with E-state index < -0.39 is 5.97 Å². The molecule has 0 bridgehead atoms. The minimum atomic E-state index is -0.511. The Morgan fingerprint density at radius 2 is 1.76 bits per heavy atom. The fourth-order valence-electron chi connectivity index (χ4n) is 4.60. The second-order valence-corrected chi connectivity index (χ2v) is 10.2. The molecule has 0 radical (unpaired) electrons. The van der Waals surface area contributed by atoms with E-state index in [9.17, 15) is 14.4 Å². The van der Waals surface area contributed by atoms with Crippen molar-refractivity contribution in [1.29, 1.82) is 0 Å². The third-order valence-electron chi connectivity index (χ3n) is 6.89. The Kier molecular flexibility index (Phi) is 9.25. The molecule has 0 spiro atoms. The number of carbonyl (C=O) groups is 2. The largest absolute Gasteiger partial charge is 0.465 e. The lowest BCUT2D eigenvalue weighted by Crippen LogP contribution is -2.31. The number of esters is 1. The van der Waals surface area contributed by atoms with Gasteiger partial charge in [0.2, 0.25) is 5.95 Å². The fourth-order valence-corrected chi connectivity index (χ4v) is 4.73. The highest BCUT2D eigenvalue weighted by atomic mass is 35.5. The number of Topliss-reactive ketones (excluding diaryl/α,β-unsaturated/α-hetero) is 1. The predicted octanol–water partition coefficient (Wildman–Crippen LogP) is 5.20. The number of benzene rings is 2. The Morgan fingerprint density at radius 3 is 2.48 bits per heavy atom. The smallest absolute Gasteiger partial charge is 0.339 e. The summed E-state index contributed by atoms with van der Waals surface area (Å²) >= 11 is 6.06. The van der Waals surface area contributed by atoms with Crippen molar-refractivity contribution in [3.8, 4) is 11.5 Å². The van der Waals surface area contributed by atoms with E-state index in [0.717, 1.165) is 5.56 Å². The van der Waals surface area contributed by atoms with E-state index in [1.54, 1.807) is 42.5 Å². The SMILES string of the molecule is COC(=O)c1cncc(Oc2ccc(Nc3ncc(CC(=O)C4CCOCC4)c(=O)n3Cc3ccc(Cl)cc3)cc2)c1. The van der Waals surface area contributed by atoms with E-state index in [-0.39, 0.29) is 35.8 Å². The van der Waals surface area contributed by atoms with Crippen molar-refractivity contribution >= 4 is 35.0 Å². The van der Waals surface area contributed by atoms with Crippen molar-refractivity contribution in [3.63, 3.8) is 0 Å². The van der Waals surface area contributed by atoms with Crippen LogP contribution in [0.4, 0.5) is 11.6 Å². The number of nitrogens with one attached hydrogen (secondary N) is 1. The van der Waals surface area contributed by atoms with E-state index in [1.807, 2.05) is 12.1 Å². The van der Waals surface area contributed by atoms with Crippen molar-refractivity contribution in [2.45, 2.75) is 25.8 Å². The van der Waals surface area contributed by atoms with Crippen molar-refractivity contribution in [2.75, 3.05) is 25.6 Å². The van der Waals surface area contributed by atoms with Gasteiger partial charge in [0.25, 0.3) is 5.56 Å². The van der Waals surface area contributed by atoms with Gasteiger partial charge in [-0.25, -0.2) is 9.78 Å². The molecule has 5 rings (SSSR count). The summed E-state index contributed by atoms with van der Waals surface area (Å²) in [6.07, 6.45) is 5.71. The van der Waals surface area contributed by atoms with Crippen LogP contribution in [0.1, 0.15) is 34.3 Å². The van der Waals surface area contributed by atoms with Gasteiger partial charge in [-0.3, -0.25) is 19.1 Å². The number of anilines is 2. The van der Waals surface area contributed by atoms with Crippen molar-refractivity contribution in [3.05, 3.63) is 105 Å². The van der Waals surface area contributed by atoms with E-state index in [2.05, 4.69) is 15.3 Å². The van der Waals surface area contributed by atoms with Crippen LogP contribution in [0, 0.1) is 5.92 Å². The lowest BCUT2D eigenvalue weighted by Gasteiger charge is -2.21. The molecular formula is C31H29ClN4O6. The third kappa shape index (κ3) is 7.20. The van der Waals surface area contributed by atoms with Gasteiger partial charge in [-0.15, -0.1) is 0 Å². The summed E-state index contributed by atoms with van der Waals surface area (Å²) in [5, 5.41) is 3.80. The van der Waals surface area contributed by atoms with Crippen molar-refractivity contribution in [1.82, 2.24) is 14.5 Å². The van der Waals surface area contributed by atoms with Crippen LogP contribution in [-0.2, 0) is 27.2 Å². The molecule has 1 saturated heterocycles. The summed E-state index contributed by atoms with van der Waals surface area (Å²) in [4.78, 5) is 46.9. The highest BCUT2D eigenvalue weighted by Crippen LogP contribution is 2.25. The Labute approximate surface area is 247 Å². The Balaban J connectivity index is 1.36. The van der Waals surface area contributed by atoms with Gasteiger partial charge in [-0.05, 0) is 60.9 Å². The Hall–Kier alpha value is -4.54. The van der Waals surface area contributed by atoms with Gasteiger partial charge in [0.1, 0.15) is 17.3 Å². The summed E-state index contributed by atoms with van der Waals surface area (Å²) in [6, 6.07) is 15.8. The molecular weight excluding hydrogens is 560 g/mol. The zero-order valence-corrected chi connectivity index (χ0v) is 23.7. The average molecular weight is 589 g/mol. The molecule has 1 fully saturated rings. The molecule has 4 aromatic rings. The first-order valence-electron chi connectivity index (χ1n) is 13.4. The number of methoxy groups -OCH3 is 1. The first kappa shape index (κ1) is 29.0. The highest BCUT2D eigenvalue weighted by Gasteiger charge is 2.23. The maximum absolute atomic E-state index is 13.6. The monoisotopic (exact) mass is 588 g/mol. The Morgan fingerprint density at radius 1 is 1.02 bits per heavy atom. The summed E-state index contributed by atoms with van der Waals surface area (Å²) < 4.78 is 17.4. The average Bonchev–Trinajstić information content (AvgIpc) is 3.02. The molecule has 0 amide bonds. The van der Waals surface area contributed by atoms with Crippen LogP contribution in [0.2, 0.25) is 5.02 Å². The first-order chi connectivity index (χ1) is 20.4. The molecule has 0 unspecified atom stereocenters. The van der Waals surface area contributed by atoms with Gasteiger partial charge >= 0.3 is 5.97 Å². The molecule has 2 aromatic heterocycles. The zero-order chi connectivity index (χ0) is 29.5. The molecule has 2 aromatic carbocycles. The van der Waals surface area contributed by atoms with Crippen LogP contribution >= 0.6 is 11.6 Å². The number of rotatable bonds is 10. The van der Waals surface area contributed by atoms with Crippen LogP contribution in [0.5, 0.6) is 11.5 Å². The van der Waals surface area contributed by atoms with Crippen LogP contribution < -0.4 is 15.6 Å². The summed E-state index contributed by atoms with van der Waals surface area (Å²) in [6.45, 7) is 1.34. The van der Waals surface area contributed by atoms with Gasteiger partial charge in [-0.1, -0.05) is 23.7 Å². The van der Waals surface area contributed by atoms with Gasteiger partial charge in [-0.2, -0.15) is 0 Å². The number of carbonyl (C=O) groups excluding carboxylic acids is 2. The summed E-state index contributed by atoms with van der Waals surface area (Å²) in [5.74, 6) is 0.615. The minimum absolute atomic E-state index is 0.0233. The topological polar surface area (TPSA) is 122 Å². The standard InChI is InChI=1S/C31H29ClN4O6/c1-40-30(39)23-14-27(18-33-16-23)42-26-8-6-25(7-9-26)35-31-34-17-22(15-28(37)21-10-12-41-13-11-21)29(38)36(31)19-20-2-4-24(32)5-3-20/h2-9,14,16-18,21H,10-13,15,19H2,1H3,(H,34,35). The molecule has 0 saturated carbocycles. The molecule has 10 nitrogen and oxygen atoms in total. The van der Waals surface area contributed by atoms with Crippen molar-refractivity contribution in [2.24, 2.45) is 5.92 Å². The lowest BCUT2D eigenvalue weighted by molar-refractivity contribution is -0.125. The molecule has 0 atom stereocenters. The minimum Gasteiger partial charge on any atom is -0.465 e. The summed E-state index contributed by atoms with van der Waals surface area (Å²) in [7, 11) is 1.30. The van der Waals surface area contributed by atoms with E-state index in [0.29, 0.717) is 59.8 Å². The van der Waals surface area contributed by atoms with Gasteiger partial charge < -0.3 is 19.5 Å². The van der Waals surface area contributed by atoms with E-state index >= 15 is 0 Å². The number of ketones is 1. The third-order valence-corrected chi connectivity index (χ3v) is 7.15. The Bertz CT molecular complexity index is 1620. The molecule has 216 valence electrons. The number of aromatic nitrogens is 3. The maximum atomic E-state index is 13.6. The predicted molar refractivity (Wildman–Crippen MR) is 157 cm³/mol. The lowest BCUT2D eigenvalue weighted by atomic mass is 9.92. The number of pyridine rings is 1. The molecule has 11 heteroatoms. The fraction of sp³-hybridized carbons (Fsp3) is 0.258. The van der Waals surface area contributed by atoms with Crippen LogP contribution in [0.15, 0.2) is 78.0 Å². The van der Waals surface area contributed by atoms with Gasteiger partial charge in [0.05, 0.1) is 25.4 Å². The molecule has 3 heterocycles. The number of hydrogen-bond acceptors (Lipinski definition) is 9. The second-order valence-electron chi connectivity index (χ2n) is 9.81. The normalized spacial score (nSPS) is 13.4. The molecule has 1 N–H and O–H groups in total. The van der Waals surface area contributed by atoms with Crippen molar-refractivity contribution < 1.29 is 23.8 Å². The molecule has 1 aliphatic rings. The summed E-state index contributed by atoms with van der Waals surface area (Å²) in [5.41, 5.74) is 1.84. The van der Waals surface area contributed by atoms with Crippen LogP contribution in [0.3, 0.4) is 0 Å². The number of halogens is 1. The molecule has 0 aliphatic carbocycles. The maximum Gasteiger partial charge on any atom is 0.339 e. The number of nitrogens with zero attached hydrogens (tertiary/aromatic N) is 3. The quantitative estimate of drug-likeness (QED) is 0.249. The van der Waals surface area contributed by atoms with Gasteiger partial charge in [0, 0.05) is 54.2 Å². The molecule has 1 aliphatic heterocycles. The second kappa shape index (κ2) is 13.4. The van der Waals surface area contributed by atoms with E-state index in [4.69, 9.17) is 25.8 Å². The number of ether oxygens (including phenoxy) is 3. The molecule has 42 heavy (non-hydrogen) atoms. The number of hydrogen-bond donors (Lipinski definition) is 1. The first-order valence-corrected chi connectivity index (χ1v) is 13.8. The van der Waals surface area contributed by atoms with Gasteiger partial charge in [0.15, 0.2) is 0 Å².